The minimum atomic E-state index is -0.465. The second kappa shape index (κ2) is 9.47. The normalized spacial score (nSPS) is 11.1. The van der Waals surface area contributed by atoms with Crippen LogP contribution in [0.5, 0.6) is 0 Å². The maximum Gasteiger partial charge on any atom is 0.280 e. The number of non-ortho nitro benzene ring substituents is 1. The van der Waals surface area contributed by atoms with Crippen molar-refractivity contribution in [1.29, 1.82) is 0 Å². The number of carbonyl (C=O) groups excluding carboxylic acids is 1. The number of anilines is 2. The summed E-state index contributed by atoms with van der Waals surface area (Å²) in [5.41, 5.74) is 2.78. The van der Waals surface area contributed by atoms with Gasteiger partial charge in [-0.15, -0.1) is 0 Å². The number of nitrogens with zero attached hydrogens (tertiary/aromatic N) is 5. The number of carbonyl (C=O) groups is 1. The van der Waals surface area contributed by atoms with Crippen molar-refractivity contribution in [3.05, 3.63) is 92.4 Å². The van der Waals surface area contributed by atoms with Gasteiger partial charge in [-0.1, -0.05) is 27.3 Å². The van der Waals surface area contributed by atoms with Crippen LogP contribution in [0.4, 0.5) is 16.5 Å². The molecular weight excluding hydrogens is 506 g/mol. The lowest BCUT2D eigenvalue weighted by Gasteiger charge is -2.16. The van der Waals surface area contributed by atoms with Crippen LogP contribution in [0.15, 0.2) is 76.3 Å². The molecule has 0 N–H and O–H groups in total. The van der Waals surface area contributed by atoms with E-state index in [2.05, 4.69) is 26.0 Å². The van der Waals surface area contributed by atoms with Gasteiger partial charge in [-0.3, -0.25) is 14.9 Å². The summed E-state index contributed by atoms with van der Waals surface area (Å²) in [4.78, 5) is 30.4. The van der Waals surface area contributed by atoms with E-state index in [1.807, 2.05) is 49.3 Å². The predicted octanol–water partition coefficient (Wildman–Crippen LogP) is 5.71. The maximum absolute atomic E-state index is 13.4. The van der Waals surface area contributed by atoms with Gasteiger partial charge in [0.15, 0.2) is 0 Å². The Bertz CT molecular complexity index is 1350. The third-order valence-electron chi connectivity index (χ3n) is 4.77. The molecule has 33 heavy (non-hydrogen) atoms. The SMILES string of the molecule is CN(C)c1ccc(C(=O)N(/N=C/c2ccc([N+](=O)[O-])cc2)c2nc3ccc(Br)cc3s2)cc1. The van der Waals surface area contributed by atoms with Gasteiger partial charge in [0.1, 0.15) is 0 Å². The van der Waals surface area contributed by atoms with E-state index < -0.39 is 4.92 Å². The molecule has 4 aromatic rings. The summed E-state index contributed by atoms with van der Waals surface area (Å²) in [6.45, 7) is 0. The van der Waals surface area contributed by atoms with Gasteiger partial charge in [0.2, 0.25) is 5.13 Å². The van der Waals surface area contributed by atoms with Crippen LogP contribution in [-0.4, -0.2) is 36.1 Å². The van der Waals surface area contributed by atoms with Crippen molar-refractivity contribution >= 4 is 66.1 Å². The van der Waals surface area contributed by atoms with Crippen LogP contribution in [0.1, 0.15) is 15.9 Å². The summed E-state index contributed by atoms with van der Waals surface area (Å²) < 4.78 is 1.82. The largest absolute Gasteiger partial charge is 0.378 e. The summed E-state index contributed by atoms with van der Waals surface area (Å²) >= 11 is 4.80. The molecule has 0 bridgehead atoms. The van der Waals surface area contributed by atoms with Crippen molar-refractivity contribution in [2.75, 3.05) is 24.0 Å². The Hall–Kier alpha value is -3.63. The second-order valence-electron chi connectivity index (χ2n) is 7.26. The molecule has 4 rings (SSSR count). The Balaban J connectivity index is 1.71. The fourth-order valence-electron chi connectivity index (χ4n) is 3.00. The van der Waals surface area contributed by atoms with Crippen molar-refractivity contribution in [2.45, 2.75) is 0 Å². The predicted molar refractivity (Wildman–Crippen MR) is 136 cm³/mol. The van der Waals surface area contributed by atoms with E-state index in [0.29, 0.717) is 16.3 Å². The summed E-state index contributed by atoms with van der Waals surface area (Å²) in [6.07, 6.45) is 1.48. The molecule has 0 aliphatic heterocycles. The molecule has 0 unspecified atom stereocenters. The third-order valence-corrected chi connectivity index (χ3v) is 6.26. The Labute approximate surface area is 202 Å². The highest BCUT2D eigenvalue weighted by molar-refractivity contribution is 9.10. The third kappa shape index (κ3) is 5.07. The number of rotatable bonds is 6. The van der Waals surface area contributed by atoms with Gasteiger partial charge in [0.25, 0.3) is 11.6 Å². The van der Waals surface area contributed by atoms with Crippen LogP contribution in [-0.2, 0) is 0 Å². The van der Waals surface area contributed by atoms with Gasteiger partial charge in [-0.05, 0) is 60.2 Å². The summed E-state index contributed by atoms with van der Waals surface area (Å²) in [5.74, 6) is -0.336. The molecule has 0 radical (unpaired) electrons. The Morgan fingerprint density at radius 2 is 1.79 bits per heavy atom. The van der Waals surface area contributed by atoms with Crippen molar-refractivity contribution in [2.24, 2.45) is 5.10 Å². The molecule has 0 aliphatic rings. The summed E-state index contributed by atoms with van der Waals surface area (Å²) in [7, 11) is 3.85. The topological polar surface area (TPSA) is 91.9 Å². The summed E-state index contributed by atoms with van der Waals surface area (Å²) in [5, 5.41) is 17.0. The number of fused-ring (bicyclic) bond motifs is 1. The zero-order valence-electron chi connectivity index (χ0n) is 17.7. The minimum Gasteiger partial charge on any atom is -0.378 e. The number of aromatic nitrogens is 1. The number of halogens is 1. The van der Waals surface area contributed by atoms with Gasteiger partial charge in [0, 0.05) is 42.0 Å². The van der Waals surface area contributed by atoms with E-state index in [1.54, 1.807) is 24.3 Å². The zero-order valence-corrected chi connectivity index (χ0v) is 20.1. The van der Waals surface area contributed by atoms with Crippen molar-refractivity contribution in [3.8, 4) is 0 Å². The fourth-order valence-corrected chi connectivity index (χ4v) is 4.47. The van der Waals surface area contributed by atoms with Crippen molar-refractivity contribution < 1.29 is 9.72 Å². The highest BCUT2D eigenvalue weighted by atomic mass is 79.9. The monoisotopic (exact) mass is 523 g/mol. The molecule has 10 heteroatoms. The van der Waals surface area contributed by atoms with Gasteiger partial charge < -0.3 is 4.90 Å². The first-order valence-corrected chi connectivity index (χ1v) is 11.4. The molecule has 0 aliphatic carbocycles. The van der Waals surface area contributed by atoms with E-state index in [0.717, 1.165) is 20.4 Å². The van der Waals surface area contributed by atoms with Gasteiger partial charge >= 0.3 is 0 Å². The summed E-state index contributed by atoms with van der Waals surface area (Å²) in [6, 6.07) is 18.8. The molecule has 0 saturated carbocycles. The average molecular weight is 524 g/mol. The first-order valence-electron chi connectivity index (χ1n) is 9.78. The number of hydrogen-bond donors (Lipinski definition) is 0. The number of thiazole rings is 1. The molecule has 8 nitrogen and oxygen atoms in total. The number of nitro groups is 1. The lowest BCUT2D eigenvalue weighted by atomic mass is 10.2. The average Bonchev–Trinajstić information content (AvgIpc) is 3.22. The van der Waals surface area contributed by atoms with Crippen LogP contribution in [0.25, 0.3) is 10.2 Å². The smallest absolute Gasteiger partial charge is 0.280 e. The van der Waals surface area contributed by atoms with E-state index >= 15 is 0 Å². The van der Waals surface area contributed by atoms with Gasteiger partial charge in [-0.2, -0.15) is 10.1 Å². The first-order chi connectivity index (χ1) is 15.8. The molecule has 1 aromatic heterocycles. The zero-order chi connectivity index (χ0) is 23.5. The first kappa shape index (κ1) is 22.6. The van der Waals surface area contributed by atoms with Crippen LogP contribution in [0, 0.1) is 10.1 Å². The van der Waals surface area contributed by atoms with Gasteiger partial charge in [0.05, 0.1) is 21.4 Å². The highest BCUT2D eigenvalue weighted by Crippen LogP contribution is 2.32. The Kier molecular flexibility index (Phi) is 6.47. The minimum absolute atomic E-state index is 0.0159. The number of hydrazone groups is 1. The highest BCUT2D eigenvalue weighted by Gasteiger charge is 2.21. The van der Waals surface area contributed by atoms with E-state index in [9.17, 15) is 14.9 Å². The molecule has 1 heterocycles. The molecule has 0 atom stereocenters. The molecule has 166 valence electrons. The quantitative estimate of drug-likeness (QED) is 0.183. The van der Waals surface area contributed by atoms with Crippen molar-refractivity contribution in [3.63, 3.8) is 0 Å². The van der Waals surface area contributed by atoms with E-state index in [4.69, 9.17) is 0 Å². The number of hydrogen-bond acceptors (Lipinski definition) is 7. The number of amides is 1. The van der Waals surface area contributed by atoms with E-state index in [1.165, 1.54) is 34.7 Å². The lowest BCUT2D eigenvalue weighted by Crippen LogP contribution is -2.25. The standard InChI is InChI=1S/C23H18BrN5O3S/c1-27(2)18-10-5-16(6-11-18)22(30)28(23-26-20-12-7-17(24)13-21(20)33-23)25-14-15-3-8-19(9-4-15)29(31)32/h3-14H,1-2H3/b25-14+. The molecule has 1 amide bonds. The van der Waals surface area contributed by atoms with Crippen LogP contribution >= 0.6 is 27.3 Å². The maximum atomic E-state index is 13.4. The van der Waals surface area contributed by atoms with Crippen LogP contribution < -0.4 is 9.91 Å². The number of benzene rings is 3. The molecule has 3 aromatic carbocycles. The van der Waals surface area contributed by atoms with Crippen LogP contribution in [0.3, 0.4) is 0 Å². The van der Waals surface area contributed by atoms with Gasteiger partial charge in [-0.25, -0.2) is 4.98 Å². The Morgan fingerprint density at radius 3 is 2.42 bits per heavy atom. The molecular formula is C23H18BrN5O3S. The second-order valence-corrected chi connectivity index (χ2v) is 9.18. The number of nitro benzene ring substituents is 1. The molecule has 0 spiro atoms. The Morgan fingerprint density at radius 1 is 1.09 bits per heavy atom. The molecule has 0 fully saturated rings. The van der Waals surface area contributed by atoms with Crippen molar-refractivity contribution in [1.82, 2.24) is 4.98 Å². The lowest BCUT2D eigenvalue weighted by molar-refractivity contribution is -0.384. The fraction of sp³-hybridized carbons (Fsp3) is 0.0870. The molecule has 0 saturated heterocycles. The van der Waals surface area contributed by atoms with Crippen LogP contribution in [0.2, 0.25) is 0 Å². The van der Waals surface area contributed by atoms with E-state index in [-0.39, 0.29) is 11.6 Å².